The van der Waals surface area contributed by atoms with E-state index in [0.717, 1.165) is 27.8 Å². The summed E-state index contributed by atoms with van der Waals surface area (Å²) in [6, 6.07) is 21.9. The molecule has 11 heteroatoms. The predicted octanol–water partition coefficient (Wildman–Crippen LogP) is 4.69. The number of carboxylic acids is 1. The number of hydrogen-bond donors (Lipinski definition) is 3. The number of nitrogens with zero attached hydrogens (tertiary/aromatic N) is 1. The van der Waals surface area contributed by atoms with Gasteiger partial charge in [0.1, 0.15) is 12.1 Å². The largest absolute Gasteiger partial charge is 0.479 e. The van der Waals surface area contributed by atoms with Crippen LogP contribution in [-0.2, 0) is 20.9 Å². The van der Waals surface area contributed by atoms with Crippen LogP contribution in [0.5, 0.6) is 0 Å². The Morgan fingerprint density at radius 3 is 2.00 bits per heavy atom. The smallest absolute Gasteiger partial charge is 0.419 e. The quantitative estimate of drug-likeness (QED) is 0.356. The summed E-state index contributed by atoms with van der Waals surface area (Å²) >= 11 is 0. The number of aliphatic carboxylic acids is 1. The van der Waals surface area contributed by atoms with Crippen LogP contribution >= 0.6 is 0 Å². The molecular formula is C31H30F3N3O5. The summed E-state index contributed by atoms with van der Waals surface area (Å²) in [5, 5.41) is 13.3. The number of hydrogen-bond acceptors (Lipinski definition) is 5. The number of rotatable bonds is 8. The second-order valence-electron chi connectivity index (χ2n) is 10.6. The highest BCUT2D eigenvalue weighted by atomic mass is 19.4. The van der Waals surface area contributed by atoms with Crippen molar-refractivity contribution in [1.82, 2.24) is 15.5 Å². The highest BCUT2D eigenvalue weighted by molar-refractivity contribution is 5.93. The van der Waals surface area contributed by atoms with Crippen molar-refractivity contribution in [3.63, 3.8) is 0 Å². The second-order valence-corrected chi connectivity index (χ2v) is 10.6. The first-order chi connectivity index (χ1) is 20.1. The zero-order valence-electron chi connectivity index (χ0n) is 22.6. The molecule has 1 unspecified atom stereocenters. The van der Waals surface area contributed by atoms with E-state index in [1.165, 1.54) is 0 Å². The lowest BCUT2D eigenvalue weighted by atomic mass is 9.86. The zero-order chi connectivity index (χ0) is 29.9. The van der Waals surface area contributed by atoms with Gasteiger partial charge >= 0.3 is 18.2 Å². The van der Waals surface area contributed by atoms with Gasteiger partial charge in [-0.05, 0) is 40.7 Å². The molecular weight excluding hydrogens is 551 g/mol. The van der Waals surface area contributed by atoms with E-state index in [0.29, 0.717) is 6.54 Å². The van der Waals surface area contributed by atoms with Gasteiger partial charge in [-0.15, -0.1) is 0 Å². The third kappa shape index (κ3) is 6.11. The van der Waals surface area contributed by atoms with Crippen molar-refractivity contribution in [1.29, 1.82) is 0 Å². The van der Waals surface area contributed by atoms with Crippen LogP contribution in [0.2, 0.25) is 0 Å². The van der Waals surface area contributed by atoms with E-state index in [1.807, 2.05) is 83.8 Å². The lowest BCUT2D eigenvalue weighted by Gasteiger charge is -2.41. The minimum atomic E-state index is -5.22. The molecule has 1 atom stereocenters. The normalized spacial score (nSPS) is 17.0. The van der Waals surface area contributed by atoms with Crippen LogP contribution < -0.4 is 10.6 Å². The molecule has 3 N–H and O–H groups in total. The number of carboxylic acid groups (broad SMARTS) is 1. The molecule has 42 heavy (non-hydrogen) atoms. The SMILES string of the molecule is O=C(NC1(C(=O)NC(C(=O)O)C(F)(F)F)CCN(Cc2ccccc2)CC1)OCC1c2ccccc2-c2ccccc21. The Labute approximate surface area is 240 Å². The van der Waals surface area contributed by atoms with Crippen LogP contribution in [0.25, 0.3) is 11.1 Å². The Hall–Kier alpha value is -4.38. The fourth-order valence-corrected chi connectivity index (χ4v) is 5.73. The molecule has 0 bridgehead atoms. The number of halogens is 3. The Bertz CT molecular complexity index is 1410. The van der Waals surface area contributed by atoms with Crippen LogP contribution in [0.15, 0.2) is 78.9 Å². The monoisotopic (exact) mass is 581 g/mol. The van der Waals surface area contributed by atoms with E-state index >= 15 is 0 Å². The lowest BCUT2D eigenvalue weighted by Crippen LogP contribution is -2.66. The fourth-order valence-electron chi connectivity index (χ4n) is 5.73. The summed E-state index contributed by atoms with van der Waals surface area (Å²) in [6.07, 6.45) is -6.27. The number of benzene rings is 3. The van der Waals surface area contributed by atoms with Gasteiger partial charge in [0, 0.05) is 25.6 Å². The summed E-state index contributed by atoms with van der Waals surface area (Å²) in [5.74, 6) is -3.73. The van der Waals surface area contributed by atoms with Crippen LogP contribution in [0.4, 0.5) is 18.0 Å². The van der Waals surface area contributed by atoms with Crippen LogP contribution in [0.1, 0.15) is 35.4 Å². The molecule has 3 aromatic carbocycles. The van der Waals surface area contributed by atoms with Crippen molar-refractivity contribution in [2.45, 2.75) is 43.1 Å². The molecule has 1 aliphatic carbocycles. The molecule has 8 nitrogen and oxygen atoms in total. The van der Waals surface area contributed by atoms with Crippen molar-refractivity contribution in [3.8, 4) is 11.1 Å². The van der Waals surface area contributed by atoms with Gasteiger partial charge in [-0.2, -0.15) is 13.2 Å². The van der Waals surface area contributed by atoms with Crippen LogP contribution in [0.3, 0.4) is 0 Å². The molecule has 2 amide bonds. The maximum atomic E-state index is 13.4. The van der Waals surface area contributed by atoms with E-state index in [9.17, 15) is 27.6 Å². The van der Waals surface area contributed by atoms with Crippen molar-refractivity contribution < 1.29 is 37.4 Å². The van der Waals surface area contributed by atoms with Crippen LogP contribution in [0, 0.1) is 0 Å². The number of amides is 2. The van der Waals surface area contributed by atoms with E-state index in [-0.39, 0.29) is 38.5 Å². The van der Waals surface area contributed by atoms with Crippen molar-refractivity contribution in [2.24, 2.45) is 0 Å². The van der Waals surface area contributed by atoms with Gasteiger partial charge in [0.15, 0.2) is 0 Å². The van der Waals surface area contributed by atoms with Gasteiger partial charge in [0.25, 0.3) is 0 Å². The maximum Gasteiger partial charge on any atom is 0.419 e. The third-order valence-electron chi connectivity index (χ3n) is 7.93. The van der Waals surface area contributed by atoms with Gasteiger partial charge in [0.05, 0.1) is 0 Å². The molecule has 1 aliphatic heterocycles. The molecule has 1 saturated heterocycles. The molecule has 0 aromatic heterocycles. The summed E-state index contributed by atoms with van der Waals surface area (Å²) < 4.78 is 45.8. The van der Waals surface area contributed by atoms with E-state index in [2.05, 4.69) is 5.32 Å². The highest BCUT2D eigenvalue weighted by Gasteiger charge is 2.51. The standard InChI is InChI=1S/C31H30F3N3O5/c32-31(33,34)26(27(38)39)35-28(40)30(14-16-37(17-15-30)18-20-8-2-1-3-9-20)36-29(41)42-19-25-23-12-6-4-10-21(23)22-11-5-7-13-24(22)25/h1-13,25-26H,14-19H2,(H,35,40)(H,36,41)(H,38,39). The van der Waals surface area contributed by atoms with Gasteiger partial charge in [-0.1, -0.05) is 78.9 Å². The first-order valence-corrected chi connectivity index (χ1v) is 13.6. The summed E-state index contributed by atoms with van der Waals surface area (Å²) in [7, 11) is 0. The summed E-state index contributed by atoms with van der Waals surface area (Å²) in [5.41, 5.74) is 3.22. The average molecular weight is 582 g/mol. The van der Waals surface area contributed by atoms with Gasteiger partial charge in [-0.25, -0.2) is 9.59 Å². The fraction of sp³-hybridized carbons (Fsp3) is 0.323. The molecule has 1 fully saturated rings. The average Bonchev–Trinajstić information content (AvgIpc) is 3.29. The number of carbonyl (C=O) groups excluding carboxylic acids is 2. The minimum Gasteiger partial charge on any atom is -0.479 e. The maximum absolute atomic E-state index is 13.4. The third-order valence-corrected chi connectivity index (χ3v) is 7.93. The number of carbonyl (C=O) groups is 3. The molecule has 0 radical (unpaired) electrons. The van der Waals surface area contributed by atoms with E-state index in [4.69, 9.17) is 9.84 Å². The Morgan fingerprint density at radius 2 is 1.45 bits per heavy atom. The van der Waals surface area contributed by atoms with Gasteiger partial charge in [-0.3, -0.25) is 9.69 Å². The number of piperidine rings is 1. The first-order valence-electron chi connectivity index (χ1n) is 13.6. The molecule has 3 aromatic rings. The highest BCUT2D eigenvalue weighted by Crippen LogP contribution is 2.44. The van der Waals surface area contributed by atoms with Crippen LogP contribution in [-0.4, -0.2) is 65.4 Å². The van der Waals surface area contributed by atoms with E-state index < -0.39 is 35.7 Å². The molecule has 5 rings (SSSR count). The Kier molecular flexibility index (Phi) is 8.22. The molecule has 0 spiro atoms. The molecule has 0 saturated carbocycles. The van der Waals surface area contributed by atoms with E-state index in [1.54, 1.807) is 5.32 Å². The molecule has 2 aliphatic rings. The van der Waals surface area contributed by atoms with Crippen molar-refractivity contribution in [3.05, 3.63) is 95.6 Å². The minimum absolute atomic E-state index is 0.0416. The van der Waals surface area contributed by atoms with Crippen molar-refractivity contribution in [2.75, 3.05) is 19.7 Å². The number of likely N-dealkylation sites (tertiary alicyclic amines) is 1. The number of alkyl halides is 3. The Balaban J connectivity index is 1.31. The van der Waals surface area contributed by atoms with Crippen molar-refractivity contribution >= 4 is 18.0 Å². The lowest BCUT2D eigenvalue weighted by molar-refractivity contribution is -0.183. The van der Waals surface area contributed by atoms with Gasteiger partial charge in [0.2, 0.25) is 11.9 Å². The number of ether oxygens (including phenoxy) is 1. The zero-order valence-corrected chi connectivity index (χ0v) is 22.6. The number of alkyl carbamates (subject to hydrolysis) is 1. The second kappa shape index (κ2) is 11.8. The predicted molar refractivity (Wildman–Crippen MR) is 148 cm³/mol. The molecule has 1 heterocycles. The first kappa shape index (κ1) is 29.1. The number of nitrogens with one attached hydrogen (secondary N) is 2. The Morgan fingerprint density at radius 1 is 0.905 bits per heavy atom. The number of fused-ring (bicyclic) bond motifs is 3. The topological polar surface area (TPSA) is 108 Å². The summed E-state index contributed by atoms with van der Waals surface area (Å²) in [6.45, 7) is 1.03. The van der Waals surface area contributed by atoms with Gasteiger partial charge < -0.3 is 20.5 Å². The molecule has 220 valence electrons. The summed E-state index contributed by atoms with van der Waals surface area (Å²) in [4.78, 5) is 39.8.